The molecule has 1 aliphatic heterocycles. The van der Waals surface area contributed by atoms with E-state index in [-0.39, 0.29) is 0 Å². The van der Waals surface area contributed by atoms with E-state index in [4.69, 9.17) is 4.74 Å². The zero-order valence-electron chi connectivity index (χ0n) is 13.7. The standard InChI is InChI=1S/C18H30N2O/c1-4-18-12-19-17(11-16-9-7-6-8-10-16)13-20(18)15(3)14-21-5-2/h6-10,15,17-19H,4-5,11-14H2,1-3H3. The van der Waals surface area contributed by atoms with Crippen LogP contribution in [0.4, 0.5) is 0 Å². The summed E-state index contributed by atoms with van der Waals surface area (Å²) in [5.41, 5.74) is 1.42. The van der Waals surface area contributed by atoms with Crippen molar-refractivity contribution >= 4 is 0 Å². The topological polar surface area (TPSA) is 24.5 Å². The van der Waals surface area contributed by atoms with E-state index in [1.165, 1.54) is 12.0 Å². The summed E-state index contributed by atoms with van der Waals surface area (Å²) >= 11 is 0. The number of piperazine rings is 1. The van der Waals surface area contributed by atoms with Gasteiger partial charge in [0.05, 0.1) is 6.61 Å². The molecule has 0 spiro atoms. The van der Waals surface area contributed by atoms with Crippen molar-refractivity contribution in [3.05, 3.63) is 35.9 Å². The second-order valence-electron chi connectivity index (χ2n) is 6.06. The molecule has 0 aromatic heterocycles. The molecule has 0 saturated carbocycles. The van der Waals surface area contributed by atoms with Crippen LogP contribution in [0.3, 0.4) is 0 Å². The maximum atomic E-state index is 5.63. The fourth-order valence-electron chi connectivity index (χ4n) is 3.23. The number of nitrogens with zero attached hydrogens (tertiary/aromatic N) is 1. The van der Waals surface area contributed by atoms with Crippen molar-refractivity contribution in [2.75, 3.05) is 26.3 Å². The fraction of sp³-hybridized carbons (Fsp3) is 0.667. The Morgan fingerprint density at radius 1 is 1.29 bits per heavy atom. The zero-order chi connectivity index (χ0) is 15.1. The third kappa shape index (κ3) is 4.80. The molecular formula is C18H30N2O. The van der Waals surface area contributed by atoms with Gasteiger partial charge in [0.1, 0.15) is 0 Å². The molecule has 21 heavy (non-hydrogen) atoms. The summed E-state index contributed by atoms with van der Waals surface area (Å²) in [6.45, 7) is 10.5. The first-order chi connectivity index (χ1) is 10.2. The third-order valence-corrected chi connectivity index (χ3v) is 4.47. The molecule has 1 N–H and O–H groups in total. The maximum Gasteiger partial charge on any atom is 0.0619 e. The van der Waals surface area contributed by atoms with E-state index < -0.39 is 0 Å². The SMILES string of the molecule is CCOCC(C)N1CC(Cc2ccccc2)NCC1CC. The van der Waals surface area contributed by atoms with Crippen molar-refractivity contribution in [1.82, 2.24) is 10.2 Å². The van der Waals surface area contributed by atoms with Crippen molar-refractivity contribution < 1.29 is 4.74 Å². The summed E-state index contributed by atoms with van der Waals surface area (Å²) in [5, 5.41) is 3.73. The van der Waals surface area contributed by atoms with E-state index in [0.717, 1.165) is 32.7 Å². The lowest BCUT2D eigenvalue weighted by Crippen LogP contribution is -2.60. The summed E-state index contributed by atoms with van der Waals surface area (Å²) in [6.07, 6.45) is 2.30. The number of nitrogens with one attached hydrogen (secondary N) is 1. The van der Waals surface area contributed by atoms with Crippen molar-refractivity contribution in [3.8, 4) is 0 Å². The molecule has 2 rings (SSSR count). The molecule has 1 aliphatic rings. The summed E-state index contributed by atoms with van der Waals surface area (Å²) in [5.74, 6) is 0. The highest BCUT2D eigenvalue weighted by Crippen LogP contribution is 2.17. The minimum atomic E-state index is 0.496. The van der Waals surface area contributed by atoms with E-state index in [2.05, 4.69) is 61.3 Å². The van der Waals surface area contributed by atoms with Gasteiger partial charge in [0.15, 0.2) is 0 Å². The average Bonchev–Trinajstić information content (AvgIpc) is 2.53. The van der Waals surface area contributed by atoms with Gasteiger partial charge in [0, 0.05) is 37.8 Å². The molecule has 1 heterocycles. The average molecular weight is 290 g/mol. The Bertz CT molecular complexity index is 395. The minimum Gasteiger partial charge on any atom is -0.380 e. The summed E-state index contributed by atoms with van der Waals surface area (Å²) in [4.78, 5) is 2.64. The van der Waals surface area contributed by atoms with Crippen molar-refractivity contribution in [1.29, 1.82) is 0 Å². The van der Waals surface area contributed by atoms with Gasteiger partial charge in [-0.1, -0.05) is 37.3 Å². The van der Waals surface area contributed by atoms with E-state index in [0.29, 0.717) is 18.1 Å². The van der Waals surface area contributed by atoms with Crippen LogP contribution in [0.5, 0.6) is 0 Å². The lowest BCUT2D eigenvalue weighted by atomic mass is 9.99. The Morgan fingerprint density at radius 2 is 2.05 bits per heavy atom. The quantitative estimate of drug-likeness (QED) is 0.835. The highest BCUT2D eigenvalue weighted by Gasteiger charge is 2.29. The first-order valence-corrected chi connectivity index (χ1v) is 8.35. The number of hydrogen-bond acceptors (Lipinski definition) is 3. The Balaban J connectivity index is 1.94. The Hall–Kier alpha value is -0.900. The van der Waals surface area contributed by atoms with E-state index in [1.807, 2.05) is 0 Å². The van der Waals surface area contributed by atoms with Crippen LogP contribution in [-0.2, 0) is 11.2 Å². The second-order valence-corrected chi connectivity index (χ2v) is 6.06. The van der Waals surface area contributed by atoms with Gasteiger partial charge in [0.2, 0.25) is 0 Å². The van der Waals surface area contributed by atoms with Crippen LogP contribution in [-0.4, -0.2) is 49.3 Å². The monoisotopic (exact) mass is 290 g/mol. The van der Waals surface area contributed by atoms with Crippen LogP contribution in [0.1, 0.15) is 32.8 Å². The first-order valence-electron chi connectivity index (χ1n) is 8.35. The van der Waals surface area contributed by atoms with Gasteiger partial charge < -0.3 is 10.1 Å². The first kappa shape index (κ1) is 16.5. The molecule has 0 radical (unpaired) electrons. The van der Waals surface area contributed by atoms with Crippen molar-refractivity contribution in [2.24, 2.45) is 0 Å². The second kappa shape index (κ2) is 8.52. The normalized spacial score (nSPS) is 24.9. The fourth-order valence-corrected chi connectivity index (χ4v) is 3.23. The van der Waals surface area contributed by atoms with Crippen molar-refractivity contribution in [2.45, 2.75) is 51.7 Å². The van der Waals surface area contributed by atoms with Crippen LogP contribution in [0, 0.1) is 0 Å². The molecule has 1 aromatic rings. The van der Waals surface area contributed by atoms with Crippen LogP contribution in [0.2, 0.25) is 0 Å². The maximum absolute atomic E-state index is 5.63. The Morgan fingerprint density at radius 3 is 2.71 bits per heavy atom. The van der Waals surface area contributed by atoms with Crippen LogP contribution < -0.4 is 5.32 Å². The van der Waals surface area contributed by atoms with Crippen LogP contribution in [0.15, 0.2) is 30.3 Å². The van der Waals surface area contributed by atoms with Gasteiger partial charge in [-0.3, -0.25) is 4.90 Å². The molecule has 3 nitrogen and oxygen atoms in total. The number of ether oxygens (including phenoxy) is 1. The summed E-state index contributed by atoms with van der Waals surface area (Å²) in [6, 6.07) is 12.5. The molecule has 3 unspecified atom stereocenters. The summed E-state index contributed by atoms with van der Waals surface area (Å²) < 4.78 is 5.63. The Labute approximate surface area is 129 Å². The predicted octanol–water partition coefficient (Wildman–Crippen LogP) is 2.71. The molecule has 1 saturated heterocycles. The van der Waals surface area contributed by atoms with Gasteiger partial charge in [-0.2, -0.15) is 0 Å². The molecule has 3 heteroatoms. The highest BCUT2D eigenvalue weighted by molar-refractivity contribution is 5.16. The Kier molecular flexibility index (Phi) is 6.68. The van der Waals surface area contributed by atoms with Gasteiger partial charge in [-0.15, -0.1) is 0 Å². The molecular weight excluding hydrogens is 260 g/mol. The molecule has 3 atom stereocenters. The van der Waals surface area contributed by atoms with Gasteiger partial charge >= 0.3 is 0 Å². The molecule has 118 valence electrons. The van der Waals surface area contributed by atoms with Crippen LogP contribution >= 0.6 is 0 Å². The van der Waals surface area contributed by atoms with E-state index in [9.17, 15) is 0 Å². The molecule has 0 aliphatic carbocycles. The highest BCUT2D eigenvalue weighted by atomic mass is 16.5. The van der Waals surface area contributed by atoms with Gasteiger partial charge in [-0.05, 0) is 32.3 Å². The van der Waals surface area contributed by atoms with Crippen molar-refractivity contribution in [3.63, 3.8) is 0 Å². The summed E-state index contributed by atoms with van der Waals surface area (Å²) in [7, 11) is 0. The van der Waals surface area contributed by atoms with E-state index >= 15 is 0 Å². The number of benzene rings is 1. The third-order valence-electron chi connectivity index (χ3n) is 4.47. The molecule has 1 aromatic carbocycles. The zero-order valence-corrected chi connectivity index (χ0v) is 13.7. The molecule has 0 amide bonds. The predicted molar refractivity (Wildman–Crippen MR) is 88.7 cm³/mol. The molecule has 0 bridgehead atoms. The van der Waals surface area contributed by atoms with Crippen LogP contribution in [0.25, 0.3) is 0 Å². The number of hydrogen-bond donors (Lipinski definition) is 1. The largest absolute Gasteiger partial charge is 0.380 e. The lowest BCUT2D eigenvalue weighted by molar-refractivity contribution is 0.0271. The minimum absolute atomic E-state index is 0.496. The molecule has 1 fully saturated rings. The lowest BCUT2D eigenvalue weighted by Gasteiger charge is -2.43. The van der Waals surface area contributed by atoms with E-state index in [1.54, 1.807) is 0 Å². The van der Waals surface area contributed by atoms with Gasteiger partial charge in [-0.25, -0.2) is 0 Å². The smallest absolute Gasteiger partial charge is 0.0619 e. The van der Waals surface area contributed by atoms with Gasteiger partial charge in [0.25, 0.3) is 0 Å². The number of rotatable bonds is 7.